The van der Waals surface area contributed by atoms with E-state index in [1.165, 1.54) is 25.5 Å². The summed E-state index contributed by atoms with van der Waals surface area (Å²) in [7, 11) is 1.38. The van der Waals surface area contributed by atoms with E-state index in [4.69, 9.17) is 30.1 Å². The predicted octanol–water partition coefficient (Wildman–Crippen LogP) is 5.54. The smallest absolute Gasteiger partial charge is 0.337 e. The number of anilines is 1. The van der Waals surface area contributed by atoms with Gasteiger partial charge in [-0.05, 0) is 63.5 Å². The second kappa shape index (κ2) is 10.2. The highest BCUT2D eigenvalue weighted by molar-refractivity contribution is 7.22. The molecule has 1 aliphatic carbocycles. The van der Waals surface area contributed by atoms with Gasteiger partial charge in [0.15, 0.2) is 5.13 Å². The zero-order valence-electron chi connectivity index (χ0n) is 22.2. The van der Waals surface area contributed by atoms with E-state index in [2.05, 4.69) is 16.0 Å². The highest BCUT2D eigenvalue weighted by Gasteiger charge is 2.43. The fourth-order valence-corrected chi connectivity index (χ4v) is 7.86. The van der Waals surface area contributed by atoms with Crippen LogP contribution >= 0.6 is 11.3 Å². The number of esters is 1. The lowest BCUT2D eigenvalue weighted by molar-refractivity contribution is 0.0137. The van der Waals surface area contributed by atoms with Gasteiger partial charge in [0.2, 0.25) is 0 Å². The molecule has 2 aromatic heterocycles. The van der Waals surface area contributed by atoms with Crippen molar-refractivity contribution >= 4 is 32.7 Å². The molecule has 7 rings (SSSR count). The summed E-state index contributed by atoms with van der Waals surface area (Å²) in [4.78, 5) is 19.6. The molecule has 1 saturated carbocycles. The number of benzene rings is 1. The Labute approximate surface area is 232 Å². The maximum Gasteiger partial charge on any atom is 0.337 e. The molecule has 4 fully saturated rings. The van der Waals surface area contributed by atoms with Crippen molar-refractivity contribution in [3.63, 3.8) is 0 Å². The van der Waals surface area contributed by atoms with E-state index in [1.54, 1.807) is 17.4 Å². The van der Waals surface area contributed by atoms with Crippen molar-refractivity contribution < 1.29 is 23.5 Å². The monoisotopic (exact) mass is 547 g/mol. The quantitative estimate of drug-likeness (QED) is 0.282. The zero-order chi connectivity index (χ0) is 26.5. The van der Waals surface area contributed by atoms with Gasteiger partial charge in [0, 0.05) is 42.7 Å². The summed E-state index contributed by atoms with van der Waals surface area (Å²) in [6.07, 6.45) is 14.5. The van der Waals surface area contributed by atoms with Crippen LogP contribution in [0.3, 0.4) is 0 Å². The van der Waals surface area contributed by atoms with Gasteiger partial charge >= 0.3 is 5.97 Å². The first-order valence-corrected chi connectivity index (χ1v) is 14.9. The van der Waals surface area contributed by atoms with Crippen LogP contribution in [0.25, 0.3) is 10.2 Å². The normalized spacial score (nSPS) is 25.2. The first-order chi connectivity index (χ1) is 19.1. The minimum Gasteiger partial charge on any atom is -0.465 e. The van der Waals surface area contributed by atoms with E-state index in [9.17, 15) is 4.79 Å². The highest BCUT2D eigenvalue weighted by Crippen LogP contribution is 2.46. The van der Waals surface area contributed by atoms with Crippen LogP contribution in [0, 0.1) is 12.3 Å². The lowest BCUT2D eigenvalue weighted by Crippen LogP contribution is -2.45. The highest BCUT2D eigenvalue weighted by atomic mass is 32.1. The average Bonchev–Trinajstić information content (AvgIpc) is 3.48. The van der Waals surface area contributed by atoms with E-state index in [0.29, 0.717) is 41.7 Å². The van der Waals surface area contributed by atoms with Crippen LogP contribution in [-0.4, -0.2) is 54.6 Å². The number of terminal acetylenes is 1. The molecule has 204 valence electrons. The molecule has 2 bridgehead atoms. The third kappa shape index (κ3) is 4.62. The Morgan fingerprint density at radius 3 is 2.59 bits per heavy atom. The number of thiazole rings is 1. The minimum absolute atomic E-state index is 0.199. The first-order valence-electron chi connectivity index (χ1n) is 14.1. The summed E-state index contributed by atoms with van der Waals surface area (Å²) in [6.45, 7) is 2.16. The summed E-state index contributed by atoms with van der Waals surface area (Å²) in [6, 6.07) is 4.29. The standard InChI is InChI=1S/C30H33N3O5S/c1-3-17-12-20(29(34)35-2)13-25-27(17)31-30(39-25)33-21-6-7-22(33)15-23(14-21)37-16-24-26(18-8-10-36-11-9-18)32-38-28(24)19-4-5-19/h1,12-13,18-19,21-23H,4-11,14-16H2,2H3/t21-,22+,23?. The molecular formula is C30H33N3O5S. The van der Waals surface area contributed by atoms with Crippen LogP contribution in [0.1, 0.15) is 96.1 Å². The molecule has 3 aromatic rings. The number of hydrogen-bond acceptors (Lipinski definition) is 9. The molecule has 5 heterocycles. The Bertz CT molecular complexity index is 1420. The summed E-state index contributed by atoms with van der Waals surface area (Å²) in [5, 5.41) is 5.53. The molecular weight excluding hydrogens is 514 g/mol. The molecule has 4 aliphatic rings. The molecule has 0 radical (unpaired) electrons. The number of nitrogens with zero attached hydrogens (tertiary/aromatic N) is 3. The number of piperidine rings is 1. The number of rotatable bonds is 7. The molecule has 0 spiro atoms. The minimum atomic E-state index is -0.390. The van der Waals surface area contributed by atoms with Gasteiger partial charge in [0.1, 0.15) is 5.76 Å². The van der Waals surface area contributed by atoms with Crippen LogP contribution in [0.4, 0.5) is 5.13 Å². The van der Waals surface area contributed by atoms with Crippen LogP contribution in [-0.2, 0) is 20.8 Å². The predicted molar refractivity (Wildman–Crippen MR) is 147 cm³/mol. The molecule has 3 aliphatic heterocycles. The molecule has 0 N–H and O–H groups in total. The summed E-state index contributed by atoms with van der Waals surface area (Å²) >= 11 is 1.61. The lowest BCUT2D eigenvalue weighted by Gasteiger charge is -2.38. The van der Waals surface area contributed by atoms with Gasteiger partial charge in [-0.25, -0.2) is 9.78 Å². The van der Waals surface area contributed by atoms with E-state index in [0.717, 1.165) is 78.5 Å². The van der Waals surface area contributed by atoms with Crippen molar-refractivity contribution in [2.24, 2.45) is 0 Å². The van der Waals surface area contributed by atoms with Crippen molar-refractivity contribution in [3.8, 4) is 12.3 Å². The number of carbonyl (C=O) groups excluding carboxylic acids is 1. The molecule has 1 aromatic carbocycles. The van der Waals surface area contributed by atoms with Crippen molar-refractivity contribution in [1.82, 2.24) is 10.1 Å². The molecule has 9 heteroatoms. The number of aromatic nitrogens is 2. The number of hydrogen-bond donors (Lipinski definition) is 0. The fourth-order valence-electron chi connectivity index (χ4n) is 6.69. The first kappa shape index (κ1) is 25.1. The van der Waals surface area contributed by atoms with Gasteiger partial charge in [0.25, 0.3) is 0 Å². The van der Waals surface area contributed by atoms with Crippen LogP contribution < -0.4 is 4.90 Å². The maximum atomic E-state index is 12.2. The number of carbonyl (C=O) groups is 1. The Morgan fingerprint density at radius 1 is 1.13 bits per heavy atom. The Balaban J connectivity index is 1.08. The zero-order valence-corrected chi connectivity index (χ0v) is 23.0. The van der Waals surface area contributed by atoms with Crippen LogP contribution in [0.5, 0.6) is 0 Å². The Morgan fingerprint density at radius 2 is 1.90 bits per heavy atom. The lowest BCUT2D eigenvalue weighted by atomic mass is 9.92. The number of fused-ring (bicyclic) bond motifs is 3. The summed E-state index contributed by atoms with van der Waals surface area (Å²) in [5.41, 5.74) is 4.17. The summed E-state index contributed by atoms with van der Waals surface area (Å²) in [5.74, 6) is 4.28. The molecule has 3 atom stereocenters. The molecule has 8 nitrogen and oxygen atoms in total. The van der Waals surface area contributed by atoms with Crippen molar-refractivity contribution in [1.29, 1.82) is 0 Å². The van der Waals surface area contributed by atoms with Crippen LogP contribution in [0.15, 0.2) is 16.7 Å². The van der Waals surface area contributed by atoms with Gasteiger partial charge < -0.3 is 23.6 Å². The second-order valence-electron chi connectivity index (χ2n) is 11.3. The topological polar surface area (TPSA) is 86.9 Å². The van der Waals surface area contributed by atoms with E-state index in [1.807, 2.05) is 6.07 Å². The third-order valence-electron chi connectivity index (χ3n) is 8.84. The van der Waals surface area contributed by atoms with Crippen LogP contribution in [0.2, 0.25) is 0 Å². The van der Waals surface area contributed by atoms with Crippen molar-refractivity contribution in [3.05, 3.63) is 40.3 Å². The van der Waals surface area contributed by atoms with Gasteiger partial charge in [-0.2, -0.15) is 0 Å². The SMILES string of the molecule is C#Cc1cc(C(=O)OC)cc2sc(N3[C@@H]4CC[C@H]3CC(OCc3c(C5CCOCC5)noc3C3CC3)C4)nc12. The molecule has 39 heavy (non-hydrogen) atoms. The maximum absolute atomic E-state index is 12.2. The fraction of sp³-hybridized carbons (Fsp3) is 0.567. The summed E-state index contributed by atoms with van der Waals surface area (Å²) < 4.78 is 23.9. The molecule has 3 saturated heterocycles. The largest absolute Gasteiger partial charge is 0.465 e. The molecule has 0 amide bonds. The van der Waals surface area contributed by atoms with Gasteiger partial charge in [-0.15, -0.1) is 6.42 Å². The second-order valence-corrected chi connectivity index (χ2v) is 12.3. The average molecular weight is 548 g/mol. The molecule has 1 unspecified atom stereocenters. The van der Waals surface area contributed by atoms with E-state index >= 15 is 0 Å². The van der Waals surface area contributed by atoms with Gasteiger partial charge in [0.05, 0.1) is 46.9 Å². The van der Waals surface area contributed by atoms with Gasteiger partial charge in [-0.1, -0.05) is 22.4 Å². The van der Waals surface area contributed by atoms with E-state index < -0.39 is 0 Å². The van der Waals surface area contributed by atoms with E-state index in [-0.39, 0.29) is 12.1 Å². The number of methoxy groups -OCH3 is 1. The Hall–Kier alpha value is -2.93. The third-order valence-corrected chi connectivity index (χ3v) is 9.86. The van der Waals surface area contributed by atoms with Gasteiger partial charge in [-0.3, -0.25) is 0 Å². The Kier molecular flexibility index (Phi) is 6.58. The van der Waals surface area contributed by atoms with Crippen molar-refractivity contribution in [2.45, 2.75) is 88.0 Å². The number of ether oxygens (including phenoxy) is 3. The van der Waals surface area contributed by atoms with Crippen molar-refractivity contribution in [2.75, 3.05) is 25.2 Å².